The van der Waals surface area contributed by atoms with Crippen LogP contribution >= 0.6 is 15.9 Å². The van der Waals surface area contributed by atoms with Gasteiger partial charge in [0, 0.05) is 37.2 Å². The Balaban J connectivity index is 1.51. The molecule has 3 rings (SSSR count). The maximum absolute atomic E-state index is 12.1. The van der Waals surface area contributed by atoms with Gasteiger partial charge in [-0.1, -0.05) is 0 Å². The lowest BCUT2D eigenvalue weighted by molar-refractivity contribution is 0.0952. The SMILES string of the molecule is O=C(NCCCn1cccn1)c1ccc(-n2cc(Br)cn2)cc1. The van der Waals surface area contributed by atoms with Gasteiger partial charge < -0.3 is 5.32 Å². The van der Waals surface area contributed by atoms with Crippen molar-refractivity contribution in [1.82, 2.24) is 24.9 Å². The fraction of sp³-hybridized carbons (Fsp3) is 0.188. The third-order valence-electron chi connectivity index (χ3n) is 3.35. The minimum atomic E-state index is -0.0707. The quantitative estimate of drug-likeness (QED) is 0.675. The Hall–Kier alpha value is -2.41. The normalized spacial score (nSPS) is 10.7. The third kappa shape index (κ3) is 4.07. The van der Waals surface area contributed by atoms with Gasteiger partial charge in [0.15, 0.2) is 0 Å². The van der Waals surface area contributed by atoms with Crippen LogP contribution in [0.15, 0.2) is 59.6 Å². The molecule has 1 aromatic carbocycles. The Morgan fingerprint density at radius 2 is 2.04 bits per heavy atom. The lowest BCUT2D eigenvalue weighted by atomic mass is 10.2. The lowest BCUT2D eigenvalue weighted by Crippen LogP contribution is -2.25. The van der Waals surface area contributed by atoms with E-state index in [0.29, 0.717) is 12.1 Å². The topological polar surface area (TPSA) is 64.7 Å². The van der Waals surface area contributed by atoms with Gasteiger partial charge in [-0.05, 0) is 52.7 Å². The highest BCUT2D eigenvalue weighted by molar-refractivity contribution is 9.10. The molecule has 7 heteroatoms. The largest absolute Gasteiger partial charge is 0.352 e. The van der Waals surface area contributed by atoms with Gasteiger partial charge in [-0.2, -0.15) is 10.2 Å². The van der Waals surface area contributed by atoms with Crippen LogP contribution in [0.1, 0.15) is 16.8 Å². The number of nitrogens with zero attached hydrogens (tertiary/aromatic N) is 4. The van der Waals surface area contributed by atoms with E-state index in [-0.39, 0.29) is 5.91 Å². The molecule has 0 aliphatic rings. The van der Waals surface area contributed by atoms with Gasteiger partial charge >= 0.3 is 0 Å². The van der Waals surface area contributed by atoms with Crippen LogP contribution in [0.4, 0.5) is 0 Å². The van der Waals surface area contributed by atoms with Gasteiger partial charge in [0.25, 0.3) is 5.91 Å². The van der Waals surface area contributed by atoms with Gasteiger partial charge in [-0.15, -0.1) is 0 Å². The highest BCUT2D eigenvalue weighted by atomic mass is 79.9. The molecule has 0 saturated heterocycles. The number of rotatable bonds is 6. The number of carbonyl (C=O) groups excluding carboxylic acids is 1. The minimum Gasteiger partial charge on any atom is -0.352 e. The standard InChI is InChI=1S/C16H16BrN5O/c17-14-11-20-22(12-14)15-5-3-13(4-6-15)16(23)18-7-1-9-21-10-2-8-19-21/h2-6,8,10-12H,1,7,9H2,(H,18,23). The van der Waals surface area contributed by atoms with Crippen LogP contribution in [0.3, 0.4) is 0 Å². The maximum atomic E-state index is 12.1. The summed E-state index contributed by atoms with van der Waals surface area (Å²) in [7, 11) is 0. The highest BCUT2D eigenvalue weighted by Crippen LogP contribution is 2.13. The maximum Gasteiger partial charge on any atom is 0.251 e. The molecule has 0 unspecified atom stereocenters. The van der Waals surface area contributed by atoms with Gasteiger partial charge in [0.1, 0.15) is 0 Å². The van der Waals surface area contributed by atoms with Crippen molar-refractivity contribution >= 4 is 21.8 Å². The molecule has 1 amide bonds. The van der Waals surface area contributed by atoms with Crippen molar-refractivity contribution < 1.29 is 4.79 Å². The molecule has 0 aliphatic heterocycles. The van der Waals surface area contributed by atoms with E-state index >= 15 is 0 Å². The lowest BCUT2D eigenvalue weighted by Gasteiger charge is -2.07. The molecular weight excluding hydrogens is 358 g/mol. The average Bonchev–Trinajstić information content (AvgIpc) is 3.23. The van der Waals surface area contributed by atoms with E-state index in [1.807, 2.05) is 35.3 Å². The second-order valence-electron chi connectivity index (χ2n) is 5.03. The molecule has 2 heterocycles. The zero-order valence-electron chi connectivity index (χ0n) is 12.4. The van der Waals surface area contributed by atoms with Crippen molar-refractivity contribution in [2.75, 3.05) is 6.54 Å². The summed E-state index contributed by atoms with van der Waals surface area (Å²) < 4.78 is 4.51. The van der Waals surface area contributed by atoms with Crippen LogP contribution in [-0.4, -0.2) is 32.0 Å². The van der Waals surface area contributed by atoms with E-state index < -0.39 is 0 Å². The Labute approximate surface area is 142 Å². The second kappa shape index (κ2) is 7.23. The number of aromatic nitrogens is 4. The highest BCUT2D eigenvalue weighted by Gasteiger charge is 2.06. The molecule has 6 nitrogen and oxygen atoms in total. The van der Waals surface area contributed by atoms with Gasteiger partial charge in [-0.25, -0.2) is 4.68 Å². The Bertz CT molecular complexity index is 764. The van der Waals surface area contributed by atoms with Crippen molar-refractivity contribution in [2.45, 2.75) is 13.0 Å². The number of hydrogen-bond donors (Lipinski definition) is 1. The minimum absolute atomic E-state index is 0.0707. The molecule has 0 bridgehead atoms. The third-order valence-corrected chi connectivity index (χ3v) is 3.76. The number of halogens is 1. The summed E-state index contributed by atoms with van der Waals surface area (Å²) in [5.74, 6) is -0.0707. The van der Waals surface area contributed by atoms with Crippen LogP contribution in [-0.2, 0) is 6.54 Å². The number of amides is 1. The van der Waals surface area contributed by atoms with E-state index in [9.17, 15) is 4.79 Å². The van der Waals surface area contributed by atoms with Crippen LogP contribution < -0.4 is 5.32 Å². The smallest absolute Gasteiger partial charge is 0.251 e. The molecule has 23 heavy (non-hydrogen) atoms. The summed E-state index contributed by atoms with van der Waals surface area (Å²) >= 11 is 3.36. The van der Waals surface area contributed by atoms with Crippen molar-refractivity contribution in [3.63, 3.8) is 0 Å². The fourth-order valence-corrected chi connectivity index (χ4v) is 2.47. The van der Waals surface area contributed by atoms with E-state index in [1.54, 1.807) is 29.2 Å². The molecule has 0 atom stereocenters. The molecular formula is C16H16BrN5O. The van der Waals surface area contributed by atoms with E-state index in [0.717, 1.165) is 23.1 Å². The average molecular weight is 374 g/mol. The number of benzene rings is 1. The molecule has 0 radical (unpaired) electrons. The first kappa shape index (κ1) is 15.5. The molecule has 1 N–H and O–H groups in total. The van der Waals surface area contributed by atoms with Crippen LogP contribution in [0.25, 0.3) is 5.69 Å². The predicted octanol–water partition coefficient (Wildman–Crippen LogP) is 2.65. The number of hydrogen-bond acceptors (Lipinski definition) is 3. The first-order valence-corrected chi connectivity index (χ1v) is 8.08. The summed E-state index contributed by atoms with van der Waals surface area (Å²) in [6.07, 6.45) is 8.09. The molecule has 0 fully saturated rings. The Kier molecular flexibility index (Phi) is 4.87. The molecule has 3 aromatic rings. The monoisotopic (exact) mass is 373 g/mol. The first-order valence-electron chi connectivity index (χ1n) is 7.28. The molecule has 0 saturated carbocycles. The molecule has 2 aromatic heterocycles. The molecule has 0 spiro atoms. The van der Waals surface area contributed by atoms with E-state index in [4.69, 9.17) is 0 Å². The zero-order chi connectivity index (χ0) is 16.1. The van der Waals surface area contributed by atoms with Crippen molar-refractivity contribution in [1.29, 1.82) is 0 Å². The van der Waals surface area contributed by atoms with Crippen LogP contribution in [0.2, 0.25) is 0 Å². The van der Waals surface area contributed by atoms with Crippen LogP contribution in [0.5, 0.6) is 0 Å². The van der Waals surface area contributed by atoms with Crippen molar-refractivity contribution in [2.24, 2.45) is 0 Å². The van der Waals surface area contributed by atoms with E-state index in [1.165, 1.54) is 0 Å². The number of nitrogens with one attached hydrogen (secondary N) is 1. The Morgan fingerprint density at radius 3 is 2.70 bits per heavy atom. The molecule has 0 aliphatic carbocycles. The summed E-state index contributed by atoms with van der Waals surface area (Å²) in [4.78, 5) is 12.1. The van der Waals surface area contributed by atoms with E-state index in [2.05, 4.69) is 31.4 Å². The number of carbonyl (C=O) groups is 1. The predicted molar refractivity (Wildman–Crippen MR) is 90.4 cm³/mol. The first-order chi connectivity index (χ1) is 11.2. The van der Waals surface area contributed by atoms with Gasteiger partial charge in [-0.3, -0.25) is 9.48 Å². The van der Waals surface area contributed by atoms with Crippen molar-refractivity contribution in [3.8, 4) is 5.69 Å². The molecule has 118 valence electrons. The van der Waals surface area contributed by atoms with Gasteiger partial charge in [0.2, 0.25) is 0 Å². The summed E-state index contributed by atoms with van der Waals surface area (Å²) in [5, 5.41) is 11.2. The summed E-state index contributed by atoms with van der Waals surface area (Å²) in [6.45, 7) is 1.41. The summed E-state index contributed by atoms with van der Waals surface area (Å²) in [6, 6.07) is 9.23. The number of aryl methyl sites for hydroxylation is 1. The Morgan fingerprint density at radius 1 is 1.22 bits per heavy atom. The van der Waals surface area contributed by atoms with Crippen molar-refractivity contribution in [3.05, 3.63) is 65.2 Å². The summed E-state index contributed by atoms with van der Waals surface area (Å²) in [5.41, 5.74) is 1.55. The fourth-order valence-electron chi connectivity index (χ4n) is 2.19. The second-order valence-corrected chi connectivity index (χ2v) is 5.94. The van der Waals surface area contributed by atoms with Gasteiger partial charge in [0.05, 0.1) is 16.4 Å². The van der Waals surface area contributed by atoms with Crippen LogP contribution in [0, 0.1) is 0 Å². The zero-order valence-corrected chi connectivity index (χ0v) is 14.0.